The lowest BCUT2D eigenvalue weighted by Gasteiger charge is -2.07. The second-order valence-electron chi connectivity index (χ2n) is 5.66. The number of sulfonamides is 1. The smallest absolute Gasteiger partial charge is 0.248 e. The molecular weight excluding hydrogens is 336 g/mol. The van der Waals surface area contributed by atoms with Crippen molar-refractivity contribution in [3.8, 4) is 0 Å². The van der Waals surface area contributed by atoms with Gasteiger partial charge in [0, 0.05) is 18.3 Å². The van der Waals surface area contributed by atoms with Gasteiger partial charge < -0.3 is 5.32 Å². The molecule has 5 nitrogen and oxygen atoms in total. The lowest BCUT2D eigenvalue weighted by Crippen LogP contribution is -2.24. The van der Waals surface area contributed by atoms with Crippen LogP contribution >= 0.6 is 0 Å². The van der Waals surface area contributed by atoms with E-state index in [4.69, 9.17) is 0 Å². The predicted molar refractivity (Wildman–Crippen MR) is 101 cm³/mol. The molecular formula is C19H22N2O3S. The predicted octanol–water partition coefficient (Wildman–Crippen LogP) is 3.34. The third kappa shape index (κ3) is 5.85. The summed E-state index contributed by atoms with van der Waals surface area (Å²) < 4.78 is 26.5. The van der Waals surface area contributed by atoms with Crippen molar-refractivity contribution in [3.05, 3.63) is 65.7 Å². The van der Waals surface area contributed by atoms with E-state index in [0.717, 1.165) is 17.5 Å². The molecule has 0 saturated heterocycles. The highest BCUT2D eigenvalue weighted by atomic mass is 32.2. The van der Waals surface area contributed by atoms with E-state index in [1.807, 2.05) is 38.1 Å². The van der Waals surface area contributed by atoms with Gasteiger partial charge in [-0.1, -0.05) is 36.8 Å². The summed E-state index contributed by atoms with van der Waals surface area (Å²) in [5, 5.41) is 2.70. The minimum absolute atomic E-state index is 0.175. The summed E-state index contributed by atoms with van der Waals surface area (Å²) in [6.07, 6.45) is 3.89. The summed E-state index contributed by atoms with van der Waals surface area (Å²) >= 11 is 0. The number of rotatable bonds is 7. The Bertz CT molecular complexity index is 839. The number of anilines is 1. The van der Waals surface area contributed by atoms with Crippen molar-refractivity contribution < 1.29 is 13.2 Å². The number of carbonyl (C=O) groups is 1. The van der Waals surface area contributed by atoms with Crippen LogP contribution in [-0.4, -0.2) is 20.9 Å². The zero-order valence-electron chi connectivity index (χ0n) is 14.3. The van der Waals surface area contributed by atoms with Gasteiger partial charge in [-0.25, -0.2) is 13.1 Å². The fourth-order valence-corrected chi connectivity index (χ4v) is 3.20. The van der Waals surface area contributed by atoms with Gasteiger partial charge >= 0.3 is 0 Å². The van der Waals surface area contributed by atoms with Crippen LogP contribution < -0.4 is 10.0 Å². The molecule has 0 fully saturated rings. The fourth-order valence-electron chi connectivity index (χ4n) is 2.07. The van der Waals surface area contributed by atoms with Crippen LogP contribution in [0.1, 0.15) is 24.5 Å². The molecule has 0 atom stereocenters. The highest BCUT2D eigenvalue weighted by molar-refractivity contribution is 7.89. The van der Waals surface area contributed by atoms with Gasteiger partial charge in [0.1, 0.15) is 0 Å². The summed E-state index contributed by atoms with van der Waals surface area (Å²) in [6.45, 7) is 4.29. The van der Waals surface area contributed by atoms with Crippen molar-refractivity contribution in [3.63, 3.8) is 0 Å². The largest absolute Gasteiger partial charge is 0.323 e. The maximum absolute atomic E-state index is 12.0. The first-order valence-electron chi connectivity index (χ1n) is 8.06. The van der Waals surface area contributed by atoms with Crippen molar-refractivity contribution in [1.29, 1.82) is 0 Å². The molecule has 1 amide bonds. The van der Waals surface area contributed by atoms with Crippen LogP contribution in [0.3, 0.4) is 0 Å². The highest BCUT2D eigenvalue weighted by Gasteiger charge is 2.12. The Morgan fingerprint density at radius 3 is 2.28 bits per heavy atom. The molecule has 2 aromatic rings. The van der Waals surface area contributed by atoms with Crippen LogP contribution in [0.4, 0.5) is 5.69 Å². The molecule has 0 radical (unpaired) electrons. The second kappa shape index (κ2) is 8.60. The minimum atomic E-state index is -3.49. The first-order valence-corrected chi connectivity index (χ1v) is 9.54. The summed E-state index contributed by atoms with van der Waals surface area (Å²) in [6, 6.07) is 13.9. The van der Waals surface area contributed by atoms with E-state index in [1.165, 1.54) is 18.2 Å². The van der Waals surface area contributed by atoms with Crippen molar-refractivity contribution in [2.24, 2.45) is 0 Å². The van der Waals surface area contributed by atoms with Gasteiger partial charge in [0.15, 0.2) is 0 Å². The Morgan fingerprint density at radius 2 is 1.68 bits per heavy atom. The molecule has 2 N–H and O–H groups in total. The lowest BCUT2D eigenvalue weighted by molar-refractivity contribution is -0.111. The van der Waals surface area contributed by atoms with Crippen molar-refractivity contribution in [1.82, 2.24) is 4.72 Å². The van der Waals surface area contributed by atoms with E-state index in [9.17, 15) is 13.2 Å². The standard InChI is InChI=1S/C19H22N2O3S/c1-3-14-20-25(23,24)18-11-9-17(10-12-18)21-19(22)13-8-16-6-4-15(2)5-7-16/h4-13,20H,3,14H2,1-2H3,(H,21,22)/b13-8+. The first kappa shape index (κ1) is 18.9. The molecule has 6 heteroatoms. The van der Waals surface area contributed by atoms with Crippen LogP contribution in [0.5, 0.6) is 0 Å². The quantitative estimate of drug-likeness (QED) is 0.746. The molecule has 0 saturated carbocycles. The van der Waals surface area contributed by atoms with E-state index in [0.29, 0.717) is 12.2 Å². The molecule has 25 heavy (non-hydrogen) atoms. The Kier molecular flexibility index (Phi) is 6.50. The van der Waals surface area contributed by atoms with Crippen LogP contribution in [-0.2, 0) is 14.8 Å². The topological polar surface area (TPSA) is 75.3 Å². The zero-order valence-corrected chi connectivity index (χ0v) is 15.1. The molecule has 2 rings (SSSR count). The normalized spacial score (nSPS) is 11.6. The Morgan fingerprint density at radius 1 is 1.04 bits per heavy atom. The number of hydrogen-bond donors (Lipinski definition) is 2. The molecule has 0 aliphatic rings. The molecule has 2 aromatic carbocycles. The molecule has 0 bridgehead atoms. The average molecular weight is 358 g/mol. The van der Waals surface area contributed by atoms with E-state index >= 15 is 0 Å². The number of amides is 1. The number of hydrogen-bond acceptors (Lipinski definition) is 3. The molecule has 0 aliphatic heterocycles. The fraction of sp³-hybridized carbons (Fsp3) is 0.211. The van der Waals surface area contributed by atoms with E-state index in [-0.39, 0.29) is 10.8 Å². The summed E-state index contributed by atoms with van der Waals surface area (Å²) in [5.74, 6) is -0.278. The molecule has 0 heterocycles. The highest BCUT2D eigenvalue weighted by Crippen LogP contribution is 2.14. The van der Waals surface area contributed by atoms with Gasteiger partial charge in [-0.3, -0.25) is 4.79 Å². The Balaban J connectivity index is 1.98. The number of carbonyl (C=O) groups excluding carboxylic acids is 1. The molecule has 132 valence electrons. The van der Waals surface area contributed by atoms with Crippen molar-refractivity contribution in [2.75, 3.05) is 11.9 Å². The summed E-state index contributed by atoms with van der Waals surface area (Å²) in [7, 11) is -3.49. The van der Waals surface area contributed by atoms with Crippen LogP contribution in [0, 0.1) is 6.92 Å². The molecule has 0 aliphatic carbocycles. The van der Waals surface area contributed by atoms with E-state index < -0.39 is 10.0 Å². The average Bonchev–Trinajstić information content (AvgIpc) is 2.60. The maximum Gasteiger partial charge on any atom is 0.248 e. The number of nitrogens with one attached hydrogen (secondary N) is 2. The summed E-state index contributed by atoms with van der Waals surface area (Å²) in [4.78, 5) is 12.1. The second-order valence-corrected chi connectivity index (χ2v) is 7.42. The lowest BCUT2D eigenvalue weighted by atomic mass is 10.1. The van der Waals surface area contributed by atoms with Crippen LogP contribution in [0.2, 0.25) is 0 Å². The number of benzene rings is 2. The van der Waals surface area contributed by atoms with Gasteiger partial charge in [-0.15, -0.1) is 0 Å². The Labute approximate surface area is 148 Å². The van der Waals surface area contributed by atoms with Gasteiger partial charge in [-0.2, -0.15) is 0 Å². The molecule has 0 aromatic heterocycles. The van der Waals surface area contributed by atoms with E-state index in [2.05, 4.69) is 10.0 Å². The van der Waals surface area contributed by atoms with Gasteiger partial charge in [0.2, 0.25) is 15.9 Å². The maximum atomic E-state index is 12.0. The first-order chi connectivity index (χ1) is 11.9. The zero-order chi connectivity index (χ0) is 18.3. The molecule has 0 unspecified atom stereocenters. The monoisotopic (exact) mass is 358 g/mol. The number of aryl methyl sites for hydroxylation is 1. The SMILES string of the molecule is CCCNS(=O)(=O)c1ccc(NC(=O)/C=C/c2ccc(C)cc2)cc1. The Hall–Kier alpha value is -2.44. The van der Waals surface area contributed by atoms with Crippen molar-refractivity contribution >= 4 is 27.7 Å². The third-order valence-electron chi connectivity index (χ3n) is 3.48. The summed E-state index contributed by atoms with van der Waals surface area (Å²) in [5.41, 5.74) is 2.63. The van der Waals surface area contributed by atoms with Crippen LogP contribution in [0.25, 0.3) is 6.08 Å². The minimum Gasteiger partial charge on any atom is -0.323 e. The van der Waals surface area contributed by atoms with Gasteiger partial charge in [0.05, 0.1) is 4.90 Å². The van der Waals surface area contributed by atoms with E-state index in [1.54, 1.807) is 18.2 Å². The van der Waals surface area contributed by atoms with Gasteiger partial charge in [-0.05, 0) is 49.2 Å². The third-order valence-corrected chi connectivity index (χ3v) is 4.96. The van der Waals surface area contributed by atoms with Gasteiger partial charge in [0.25, 0.3) is 0 Å². The molecule has 0 spiro atoms. The van der Waals surface area contributed by atoms with Crippen LogP contribution in [0.15, 0.2) is 59.5 Å². The van der Waals surface area contributed by atoms with Crippen molar-refractivity contribution in [2.45, 2.75) is 25.2 Å².